The van der Waals surface area contributed by atoms with Gasteiger partial charge in [0, 0.05) is 19.1 Å². The minimum absolute atomic E-state index is 0.128. The largest absolute Gasteiger partial charge is 0.393 e. The molecule has 2 aliphatic carbocycles. The highest BCUT2D eigenvalue weighted by Gasteiger charge is 2.42. The van der Waals surface area contributed by atoms with Crippen molar-refractivity contribution in [2.24, 2.45) is 17.8 Å². The number of hydrogen-bond donors (Lipinski definition) is 3. The van der Waals surface area contributed by atoms with Crippen molar-refractivity contribution in [2.45, 2.75) is 57.6 Å². The lowest BCUT2D eigenvalue weighted by molar-refractivity contribution is -0.121. The molecule has 3 aliphatic rings. The number of likely N-dealkylation sites (tertiary alicyclic amines) is 1. The monoisotopic (exact) mass is 323 g/mol. The number of carbonyl (C=O) groups excluding carboxylic acids is 2. The number of fused-ring (bicyclic) bond motifs is 2. The summed E-state index contributed by atoms with van der Waals surface area (Å²) in [7, 11) is 0. The van der Waals surface area contributed by atoms with E-state index < -0.39 is 0 Å². The molecule has 1 saturated heterocycles. The lowest BCUT2D eigenvalue weighted by Gasteiger charge is -2.29. The van der Waals surface area contributed by atoms with Gasteiger partial charge in [0.2, 0.25) is 5.91 Å². The summed E-state index contributed by atoms with van der Waals surface area (Å²) in [5.74, 6) is 1.91. The fourth-order valence-electron chi connectivity index (χ4n) is 4.70. The van der Waals surface area contributed by atoms with Crippen molar-refractivity contribution in [3.05, 3.63) is 0 Å². The molecule has 0 aromatic heterocycles. The van der Waals surface area contributed by atoms with E-state index in [1.807, 2.05) is 4.90 Å². The Hall–Kier alpha value is -1.14. The Morgan fingerprint density at radius 2 is 1.91 bits per heavy atom. The maximum absolute atomic E-state index is 12.0. The second-order valence-electron chi connectivity index (χ2n) is 7.66. The molecular formula is C17H29N3O3. The number of carbonyl (C=O) groups is 2. The molecule has 0 aromatic rings. The Morgan fingerprint density at radius 3 is 2.52 bits per heavy atom. The maximum atomic E-state index is 12.0. The Labute approximate surface area is 138 Å². The smallest absolute Gasteiger partial charge is 0.321 e. The van der Waals surface area contributed by atoms with Crippen molar-refractivity contribution in [3.63, 3.8) is 0 Å². The summed E-state index contributed by atoms with van der Waals surface area (Å²) < 4.78 is 0. The molecule has 2 saturated carbocycles. The van der Waals surface area contributed by atoms with E-state index in [1.54, 1.807) is 0 Å². The molecule has 1 heterocycles. The van der Waals surface area contributed by atoms with Crippen molar-refractivity contribution in [1.29, 1.82) is 0 Å². The van der Waals surface area contributed by atoms with Crippen LogP contribution in [-0.2, 0) is 4.79 Å². The van der Waals surface area contributed by atoms with Crippen LogP contribution in [0.3, 0.4) is 0 Å². The second-order valence-corrected chi connectivity index (χ2v) is 7.66. The Bertz CT molecular complexity index is 448. The quantitative estimate of drug-likeness (QED) is 0.723. The summed E-state index contributed by atoms with van der Waals surface area (Å²) in [4.78, 5) is 26.0. The number of rotatable bonds is 4. The Balaban J connectivity index is 1.37. The molecule has 23 heavy (non-hydrogen) atoms. The van der Waals surface area contributed by atoms with Crippen LogP contribution in [0.4, 0.5) is 4.79 Å². The average molecular weight is 323 g/mol. The molecule has 3 fully saturated rings. The van der Waals surface area contributed by atoms with Gasteiger partial charge in [0.1, 0.15) is 0 Å². The highest BCUT2D eigenvalue weighted by molar-refractivity contribution is 5.95. The van der Waals surface area contributed by atoms with Gasteiger partial charge in [-0.25, -0.2) is 4.79 Å². The number of aliphatic hydroxyl groups is 1. The third kappa shape index (κ3) is 4.23. The number of urea groups is 1. The minimum atomic E-state index is -0.373. The van der Waals surface area contributed by atoms with Crippen molar-refractivity contribution in [2.75, 3.05) is 19.6 Å². The zero-order valence-corrected chi connectivity index (χ0v) is 14.0. The molecule has 6 heteroatoms. The average Bonchev–Trinajstić information content (AvgIpc) is 3.12. The standard InChI is InChI=1S/C17H29N3O3/c1-11(15-9-12-2-3-13(15)8-12)18-17(23)19-16(22)10-20-6-4-14(21)5-7-20/h11-15,21H,2-10H2,1H3,(H2,18,19,22,23). The summed E-state index contributed by atoms with van der Waals surface area (Å²) >= 11 is 0. The normalized spacial score (nSPS) is 32.7. The van der Waals surface area contributed by atoms with E-state index in [4.69, 9.17) is 0 Å². The highest BCUT2D eigenvalue weighted by Crippen LogP contribution is 2.49. The minimum Gasteiger partial charge on any atom is -0.393 e. The molecule has 3 N–H and O–H groups in total. The van der Waals surface area contributed by atoms with Crippen LogP contribution < -0.4 is 10.6 Å². The fourth-order valence-corrected chi connectivity index (χ4v) is 4.70. The van der Waals surface area contributed by atoms with Gasteiger partial charge < -0.3 is 10.4 Å². The van der Waals surface area contributed by atoms with Crippen molar-refractivity contribution in [3.8, 4) is 0 Å². The van der Waals surface area contributed by atoms with Crippen LogP contribution in [0.2, 0.25) is 0 Å². The predicted molar refractivity (Wildman–Crippen MR) is 86.8 cm³/mol. The molecule has 130 valence electrons. The van der Waals surface area contributed by atoms with E-state index in [1.165, 1.54) is 25.7 Å². The summed E-state index contributed by atoms with van der Waals surface area (Å²) in [6, 6.07) is -0.245. The first-order valence-corrected chi connectivity index (χ1v) is 9.02. The number of nitrogens with one attached hydrogen (secondary N) is 2. The van der Waals surface area contributed by atoms with Gasteiger partial charge >= 0.3 is 6.03 Å². The molecule has 0 radical (unpaired) electrons. The van der Waals surface area contributed by atoms with E-state index in [-0.39, 0.29) is 30.6 Å². The van der Waals surface area contributed by atoms with Gasteiger partial charge in [-0.3, -0.25) is 15.0 Å². The van der Waals surface area contributed by atoms with Crippen LogP contribution in [0.25, 0.3) is 0 Å². The predicted octanol–water partition coefficient (Wildman–Crippen LogP) is 1.09. The van der Waals surface area contributed by atoms with Crippen LogP contribution in [0.15, 0.2) is 0 Å². The van der Waals surface area contributed by atoms with Gasteiger partial charge in [-0.2, -0.15) is 0 Å². The third-order valence-electron chi connectivity index (χ3n) is 5.97. The van der Waals surface area contributed by atoms with E-state index >= 15 is 0 Å². The van der Waals surface area contributed by atoms with Crippen LogP contribution in [0, 0.1) is 17.8 Å². The van der Waals surface area contributed by atoms with E-state index in [9.17, 15) is 14.7 Å². The molecule has 1 aliphatic heterocycles. The first kappa shape index (κ1) is 16.7. The van der Waals surface area contributed by atoms with Gasteiger partial charge in [-0.15, -0.1) is 0 Å². The third-order valence-corrected chi connectivity index (χ3v) is 5.97. The van der Waals surface area contributed by atoms with Crippen molar-refractivity contribution in [1.82, 2.24) is 15.5 Å². The molecule has 0 aromatic carbocycles. The lowest BCUT2D eigenvalue weighted by atomic mass is 9.84. The second kappa shape index (κ2) is 7.18. The molecule has 4 unspecified atom stereocenters. The number of hydrogen-bond acceptors (Lipinski definition) is 4. The van der Waals surface area contributed by atoms with E-state index in [0.717, 1.165) is 11.8 Å². The number of aliphatic hydroxyl groups excluding tert-OH is 1. The van der Waals surface area contributed by atoms with Gasteiger partial charge in [-0.05, 0) is 56.8 Å². The van der Waals surface area contributed by atoms with Crippen LogP contribution >= 0.6 is 0 Å². The Morgan fingerprint density at radius 1 is 1.17 bits per heavy atom. The zero-order chi connectivity index (χ0) is 16.4. The molecule has 3 rings (SSSR count). The molecule has 6 nitrogen and oxygen atoms in total. The van der Waals surface area contributed by atoms with Crippen molar-refractivity contribution < 1.29 is 14.7 Å². The molecule has 2 bridgehead atoms. The Kier molecular flexibility index (Phi) is 5.21. The number of imide groups is 1. The number of nitrogens with zero attached hydrogens (tertiary/aromatic N) is 1. The number of piperidine rings is 1. The molecule has 0 spiro atoms. The summed E-state index contributed by atoms with van der Waals surface area (Å²) in [5.41, 5.74) is 0. The molecular weight excluding hydrogens is 294 g/mol. The highest BCUT2D eigenvalue weighted by atomic mass is 16.3. The van der Waals surface area contributed by atoms with E-state index in [2.05, 4.69) is 17.6 Å². The molecule has 3 amide bonds. The SMILES string of the molecule is CC(NC(=O)NC(=O)CN1CCC(O)CC1)C1CC2CCC1C2. The molecule has 4 atom stereocenters. The fraction of sp³-hybridized carbons (Fsp3) is 0.882. The lowest BCUT2D eigenvalue weighted by Crippen LogP contribution is -2.50. The van der Waals surface area contributed by atoms with E-state index in [0.29, 0.717) is 31.8 Å². The summed E-state index contributed by atoms with van der Waals surface area (Å²) in [5, 5.41) is 14.9. The first-order chi connectivity index (χ1) is 11.0. The van der Waals surface area contributed by atoms with Crippen molar-refractivity contribution >= 4 is 11.9 Å². The van der Waals surface area contributed by atoms with Crippen LogP contribution in [-0.4, -0.2) is 53.7 Å². The topological polar surface area (TPSA) is 81.7 Å². The number of amides is 3. The van der Waals surface area contributed by atoms with Gasteiger partial charge in [0.05, 0.1) is 12.6 Å². The van der Waals surface area contributed by atoms with Crippen LogP contribution in [0.1, 0.15) is 45.4 Å². The maximum Gasteiger partial charge on any atom is 0.321 e. The van der Waals surface area contributed by atoms with Gasteiger partial charge in [0.15, 0.2) is 0 Å². The van der Waals surface area contributed by atoms with Gasteiger partial charge in [0.25, 0.3) is 0 Å². The summed E-state index contributed by atoms with van der Waals surface area (Å²) in [6.07, 6.45) is 6.32. The zero-order valence-electron chi connectivity index (χ0n) is 14.0. The first-order valence-electron chi connectivity index (χ1n) is 9.02. The van der Waals surface area contributed by atoms with Crippen LogP contribution in [0.5, 0.6) is 0 Å². The summed E-state index contributed by atoms with van der Waals surface area (Å²) in [6.45, 7) is 3.69. The van der Waals surface area contributed by atoms with Gasteiger partial charge in [-0.1, -0.05) is 6.42 Å².